The zero-order valence-corrected chi connectivity index (χ0v) is 10.3. The van der Waals surface area contributed by atoms with E-state index in [4.69, 9.17) is 4.74 Å². The zero-order chi connectivity index (χ0) is 12.0. The van der Waals surface area contributed by atoms with Crippen LogP contribution in [0.2, 0.25) is 0 Å². The zero-order valence-electron chi connectivity index (χ0n) is 9.53. The van der Waals surface area contributed by atoms with Gasteiger partial charge in [-0.3, -0.25) is 9.59 Å². The Morgan fingerprint density at radius 3 is 2.94 bits per heavy atom. The highest BCUT2D eigenvalue weighted by Gasteiger charge is 2.47. The largest absolute Gasteiger partial charge is 0.480 e. The normalized spacial score (nSPS) is 25.7. The number of carbonyl (C=O) groups excluding carboxylic acids is 1. The number of ether oxygens (including phenoxy) is 1. The SMILES string of the molecule is CCSCCCC1(C(=O)O)COCCC1=O. The van der Waals surface area contributed by atoms with E-state index in [1.165, 1.54) is 0 Å². The molecule has 0 aliphatic carbocycles. The standard InChI is InChI=1S/C11H18O4S/c1-2-16-7-3-5-11(10(13)14)8-15-6-4-9(11)12/h2-8H2,1H3,(H,13,14). The summed E-state index contributed by atoms with van der Waals surface area (Å²) in [6, 6.07) is 0. The van der Waals surface area contributed by atoms with Crippen LogP contribution in [-0.4, -0.2) is 41.6 Å². The Hall–Kier alpha value is -0.550. The number of aliphatic carboxylic acids is 1. The van der Waals surface area contributed by atoms with Crippen LogP contribution >= 0.6 is 11.8 Å². The smallest absolute Gasteiger partial charge is 0.319 e. The molecule has 1 unspecified atom stereocenters. The van der Waals surface area contributed by atoms with Crippen molar-refractivity contribution in [1.82, 2.24) is 0 Å². The van der Waals surface area contributed by atoms with Gasteiger partial charge >= 0.3 is 5.97 Å². The number of carbonyl (C=O) groups is 2. The molecule has 16 heavy (non-hydrogen) atoms. The number of thioether (sulfide) groups is 1. The molecule has 0 bridgehead atoms. The fraction of sp³-hybridized carbons (Fsp3) is 0.818. The molecule has 1 N–H and O–H groups in total. The first-order chi connectivity index (χ1) is 7.63. The lowest BCUT2D eigenvalue weighted by atomic mass is 9.77. The molecule has 1 rings (SSSR count). The quantitative estimate of drug-likeness (QED) is 0.569. The van der Waals surface area contributed by atoms with Gasteiger partial charge in [0.2, 0.25) is 0 Å². The third-order valence-corrected chi connectivity index (χ3v) is 3.85. The number of hydrogen-bond acceptors (Lipinski definition) is 4. The molecule has 0 saturated carbocycles. The second kappa shape index (κ2) is 6.25. The van der Waals surface area contributed by atoms with Crippen molar-refractivity contribution in [3.05, 3.63) is 0 Å². The topological polar surface area (TPSA) is 63.6 Å². The third-order valence-electron chi connectivity index (χ3n) is 2.86. The summed E-state index contributed by atoms with van der Waals surface area (Å²) in [6.45, 7) is 2.46. The fourth-order valence-electron chi connectivity index (χ4n) is 1.85. The summed E-state index contributed by atoms with van der Waals surface area (Å²) < 4.78 is 5.17. The molecule has 5 heteroatoms. The predicted octanol–water partition coefficient (Wildman–Crippen LogP) is 1.58. The molecule has 92 valence electrons. The summed E-state index contributed by atoms with van der Waals surface area (Å²) in [5.41, 5.74) is -1.27. The molecule has 0 aromatic carbocycles. The van der Waals surface area contributed by atoms with Gasteiger partial charge in [-0.15, -0.1) is 0 Å². The maximum Gasteiger partial charge on any atom is 0.319 e. The van der Waals surface area contributed by atoms with Gasteiger partial charge < -0.3 is 9.84 Å². The van der Waals surface area contributed by atoms with Crippen LogP contribution in [0.3, 0.4) is 0 Å². The predicted molar refractivity (Wildman–Crippen MR) is 62.7 cm³/mol. The second-order valence-electron chi connectivity index (χ2n) is 3.91. The van der Waals surface area contributed by atoms with E-state index in [-0.39, 0.29) is 18.8 Å². The Balaban J connectivity index is 2.57. The van der Waals surface area contributed by atoms with Crippen molar-refractivity contribution in [2.24, 2.45) is 5.41 Å². The number of ketones is 1. The van der Waals surface area contributed by atoms with E-state index in [2.05, 4.69) is 6.92 Å². The van der Waals surface area contributed by atoms with Crippen molar-refractivity contribution in [3.8, 4) is 0 Å². The molecule has 0 aromatic rings. The monoisotopic (exact) mass is 246 g/mol. The summed E-state index contributed by atoms with van der Waals surface area (Å²) in [5.74, 6) is 0.718. The number of hydrogen-bond donors (Lipinski definition) is 1. The lowest BCUT2D eigenvalue weighted by Gasteiger charge is -2.31. The van der Waals surface area contributed by atoms with Crippen LogP contribution < -0.4 is 0 Å². The Morgan fingerprint density at radius 2 is 2.38 bits per heavy atom. The van der Waals surface area contributed by atoms with E-state index in [1.807, 2.05) is 0 Å². The van der Waals surface area contributed by atoms with E-state index < -0.39 is 11.4 Å². The molecule has 1 saturated heterocycles. The van der Waals surface area contributed by atoms with Gasteiger partial charge in [0.25, 0.3) is 0 Å². The van der Waals surface area contributed by atoms with Crippen molar-refractivity contribution in [2.45, 2.75) is 26.2 Å². The Bertz CT molecular complexity index is 267. The molecule has 0 aromatic heterocycles. The Morgan fingerprint density at radius 1 is 1.62 bits per heavy atom. The minimum Gasteiger partial charge on any atom is -0.480 e. The lowest BCUT2D eigenvalue weighted by Crippen LogP contribution is -2.47. The van der Waals surface area contributed by atoms with Gasteiger partial charge in [0, 0.05) is 6.42 Å². The molecule has 0 spiro atoms. The van der Waals surface area contributed by atoms with Gasteiger partial charge in [-0.2, -0.15) is 11.8 Å². The van der Waals surface area contributed by atoms with Gasteiger partial charge in [0.05, 0.1) is 13.2 Å². The molecular weight excluding hydrogens is 228 g/mol. The summed E-state index contributed by atoms with van der Waals surface area (Å²) in [6.07, 6.45) is 1.38. The van der Waals surface area contributed by atoms with Crippen LogP contribution in [0.15, 0.2) is 0 Å². The lowest BCUT2D eigenvalue weighted by molar-refractivity contribution is -0.165. The summed E-state index contributed by atoms with van der Waals surface area (Å²) in [5, 5.41) is 9.21. The van der Waals surface area contributed by atoms with E-state index in [9.17, 15) is 14.7 Å². The van der Waals surface area contributed by atoms with Crippen molar-refractivity contribution in [1.29, 1.82) is 0 Å². The maximum atomic E-state index is 11.8. The van der Waals surface area contributed by atoms with Crippen LogP contribution in [0.5, 0.6) is 0 Å². The summed E-state index contributed by atoms with van der Waals surface area (Å²) in [4.78, 5) is 23.0. The van der Waals surface area contributed by atoms with E-state index in [1.54, 1.807) is 11.8 Å². The van der Waals surface area contributed by atoms with Crippen molar-refractivity contribution >= 4 is 23.5 Å². The second-order valence-corrected chi connectivity index (χ2v) is 5.31. The molecule has 4 nitrogen and oxygen atoms in total. The first-order valence-corrected chi connectivity index (χ1v) is 6.71. The average Bonchev–Trinajstić information content (AvgIpc) is 2.26. The molecule has 1 atom stereocenters. The number of carboxylic acid groups (broad SMARTS) is 1. The van der Waals surface area contributed by atoms with E-state index in [0.29, 0.717) is 13.0 Å². The van der Waals surface area contributed by atoms with Crippen LogP contribution in [0.4, 0.5) is 0 Å². The molecular formula is C11H18O4S. The van der Waals surface area contributed by atoms with E-state index in [0.717, 1.165) is 17.9 Å². The average molecular weight is 246 g/mol. The third kappa shape index (κ3) is 2.98. The Labute approximate surface area is 99.7 Å². The molecule has 1 heterocycles. The Kier molecular flexibility index (Phi) is 5.28. The highest BCUT2D eigenvalue weighted by Crippen LogP contribution is 2.31. The fourth-order valence-corrected chi connectivity index (χ4v) is 2.49. The molecule has 1 aliphatic heterocycles. The number of Topliss-reactive ketones (excluding diaryl/α,β-unsaturated/α-hetero) is 1. The van der Waals surface area contributed by atoms with Crippen molar-refractivity contribution < 1.29 is 19.4 Å². The first kappa shape index (κ1) is 13.5. The van der Waals surface area contributed by atoms with Crippen LogP contribution in [-0.2, 0) is 14.3 Å². The van der Waals surface area contributed by atoms with Crippen molar-refractivity contribution in [2.75, 3.05) is 24.7 Å². The minimum atomic E-state index is -1.27. The first-order valence-electron chi connectivity index (χ1n) is 5.55. The highest BCUT2D eigenvalue weighted by molar-refractivity contribution is 7.99. The van der Waals surface area contributed by atoms with Gasteiger partial charge in [-0.25, -0.2) is 0 Å². The maximum absolute atomic E-state index is 11.8. The summed E-state index contributed by atoms with van der Waals surface area (Å²) in [7, 11) is 0. The molecule has 1 aliphatic rings. The number of carboxylic acids is 1. The van der Waals surface area contributed by atoms with Gasteiger partial charge in [0.1, 0.15) is 5.41 Å². The van der Waals surface area contributed by atoms with Gasteiger partial charge in [-0.05, 0) is 24.3 Å². The van der Waals surface area contributed by atoms with Crippen molar-refractivity contribution in [3.63, 3.8) is 0 Å². The number of rotatable bonds is 6. The van der Waals surface area contributed by atoms with E-state index >= 15 is 0 Å². The summed E-state index contributed by atoms with van der Waals surface area (Å²) >= 11 is 1.76. The van der Waals surface area contributed by atoms with Gasteiger partial charge in [-0.1, -0.05) is 6.92 Å². The molecule has 1 fully saturated rings. The highest BCUT2D eigenvalue weighted by atomic mass is 32.2. The van der Waals surface area contributed by atoms with Crippen LogP contribution in [0, 0.1) is 5.41 Å². The van der Waals surface area contributed by atoms with Crippen LogP contribution in [0.1, 0.15) is 26.2 Å². The van der Waals surface area contributed by atoms with Crippen LogP contribution in [0.25, 0.3) is 0 Å². The molecule has 0 amide bonds. The van der Waals surface area contributed by atoms with Gasteiger partial charge in [0.15, 0.2) is 5.78 Å². The molecule has 0 radical (unpaired) electrons. The minimum absolute atomic E-state index is 0.0396.